The van der Waals surface area contributed by atoms with E-state index in [2.05, 4.69) is 20.9 Å². The first-order valence-corrected chi connectivity index (χ1v) is 12.4. The summed E-state index contributed by atoms with van der Waals surface area (Å²) in [5, 5.41) is 4.23. The van der Waals surface area contributed by atoms with Crippen LogP contribution in [0.5, 0.6) is 0 Å². The molecule has 0 spiro atoms. The quantitative estimate of drug-likeness (QED) is 0.495. The average Bonchev–Trinajstić information content (AvgIpc) is 3.02. The highest BCUT2D eigenvalue weighted by Crippen LogP contribution is 2.26. The van der Waals surface area contributed by atoms with Gasteiger partial charge in [0, 0.05) is 43.0 Å². The maximum absolute atomic E-state index is 13.5. The van der Waals surface area contributed by atoms with Crippen molar-refractivity contribution in [3.8, 4) is 0 Å². The van der Waals surface area contributed by atoms with Gasteiger partial charge in [0.05, 0.1) is 11.3 Å². The van der Waals surface area contributed by atoms with Crippen LogP contribution in [-0.4, -0.2) is 49.5 Å². The van der Waals surface area contributed by atoms with Gasteiger partial charge in [-0.3, -0.25) is 0 Å². The lowest BCUT2D eigenvalue weighted by atomic mass is 10.2. The van der Waals surface area contributed by atoms with E-state index < -0.39 is 21.5 Å². The molecular formula is C23H29F2N3O2S. The van der Waals surface area contributed by atoms with Gasteiger partial charge >= 0.3 is 0 Å². The lowest BCUT2D eigenvalue weighted by Gasteiger charge is -2.19. The monoisotopic (exact) mass is 449 g/mol. The zero-order valence-electron chi connectivity index (χ0n) is 18.2. The van der Waals surface area contributed by atoms with Gasteiger partial charge in [-0.1, -0.05) is 13.0 Å². The Kier molecular flexibility index (Phi) is 7.33. The SMILES string of the molecule is CCN(CCCc1cc2ccc(Nc3ccc(F)c(F)c3)cc2n1C)CCS(C)(=O)=O. The van der Waals surface area contributed by atoms with Crippen molar-refractivity contribution in [3.63, 3.8) is 0 Å². The molecule has 0 atom stereocenters. The Morgan fingerprint density at radius 2 is 1.71 bits per heavy atom. The smallest absolute Gasteiger partial charge is 0.160 e. The first kappa shape index (κ1) is 23.2. The van der Waals surface area contributed by atoms with Crippen molar-refractivity contribution >= 4 is 32.1 Å². The molecular weight excluding hydrogens is 420 g/mol. The number of benzene rings is 2. The summed E-state index contributed by atoms with van der Waals surface area (Å²) < 4.78 is 51.5. The van der Waals surface area contributed by atoms with E-state index >= 15 is 0 Å². The maximum Gasteiger partial charge on any atom is 0.160 e. The van der Waals surface area contributed by atoms with Gasteiger partial charge in [-0.05, 0) is 61.6 Å². The molecule has 1 aromatic heterocycles. The largest absolute Gasteiger partial charge is 0.355 e. The minimum absolute atomic E-state index is 0.183. The molecule has 0 amide bonds. The van der Waals surface area contributed by atoms with Crippen LogP contribution >= 0.6 is 0 Å². The van der Waals surface area contributed by atoms with Gasteiger partial charge in [0.15, 0.2) is 11.6 Å². The van der Waals surface area contributed by atoms with Crippen LogP contribution in [-0.2, 0) is 23.3 Å². The van der Waals surface area contributed by atoms with Gasteiger partial charge < -0.3 is 14.8 Å². The predicted molar refractivity (Wildman–Crippen MR) is 123 cm³/mol. The number of nitrogens with zero attached hydrogens (tertiary/aromatic N) is 2. The molecule has 0 bridgehead atoms. The lowest BCUT2D eigenvalue weighted by molar-refractivity contribution is 0.300. The molecule has 1 N–H and O–H groups in total. The molecule has 5 nitrogen and oxygen atoms in total. The number of hydrogen-bond donors (Lipinski definition) is 1. The van der Waals surface area contributed by atoms with Crippen LogP contribution in [0.15, 0.2) is 42.5 Å². The number of sulfone groups is 1. The van der Waals surface area contributed by atoms with Crippen LogP contribution in [0.4, 0.5) is 20.2 Å². The van der Waals surface area contributed by atoms with E-state index in [4.69, 9.17) is 0 Å². The van der Waals surface area contributed by atoms with Crippen LogP contribution in [0.3, 0.4) is 0 Å². The van der Waals surface area contributed by atoms with Gasteiger partial charge in [-0.25, -0.2) is 17.2 Å². The first-order chi connectivity index (χ1) is 14.7. The Labute approximate surface area is 182 Å². The van der Waals surface area contributed by atoms with Gasteiger partial charge in [0.25, 0.3) is 0 Å². The summed E-state index contributed by atoms with van der Waals surface area (Å²) in [6, 6.07) is 11.8. The maximum atomic E-state index is 13.5. The van der Waals surface area contributed by atoms with Crippen molar-refractivity contribution in [2.75, 3.05) is 37.0 Å². The fourth-order valence-corrected chi connectivity index (χ4v) is 4.24. The second kappa shape index (κ2) is 9.78. The number of hydrogen-bond acceptors (Lipinski definition) is 4. The molecule has 0 saturated heterocycles. The highest BCUT2D eigenvalue weighted by molar-refractivity contribution is 7.90. The number of halogens is 2. The third kappa shape index (κ3) is 6.27. The van der Waals surface area contributed by atoms with E-state index in [1.807, 2.05) is 32.2 Å². The molecule has 168 valence electrons. The number of fused-ring (bicyclic) bond motifs is 1. The number of nitrogens with one attached hydrogen (secondary N) is 1. The summed E-state index contributed by atoms with van der Waals surface area (Å²) in [5.41, 5.74) is 3.52. The Hall–Kier alpha value is -2.45. The Morgan fingerprint density at radius 3 is 2.39 bits per heavy atom. The Morgan fingerprint density at radius 1 is 1.00 bits per heavy atom. The number of aromatic nitrogens is 1. The van der Waals surface area contributed by atoms with E-state index in [0.717, 1.165) is 54.7 Å². The standard InChI is InChI=1S/C23H29F2N3O2S/c1-4-28(12-13-31(3,29)30)11-5-6-20-14-17-7-8-19(16-23(17)27(20)2)26-18-9-10-21(24)22(25)15-18/h7-10,14-16,26H,4-6,11-13H2,1-3H3. The molecule has 0 unspecified atom stereocenters. The van der Waals surface area contributed by atoms with E-state index in [0.29, 0.717) is 12.2 Å². The molecule has 0 aliphatic rings. The van der Waals surface area contributed by atoms with Crippen molar-refractivity contribution in [1.29, 1.82) is 0 Å². The van der Waals surface area contributed by atoms with Crippen molar-refractivity contribution in [2.24, 2.45) is 7.05 Å². The summed E-state index contributed by atoms with van der Waals surface area (Å²) >= 11 is 0. The van der Waals surface area contributed by atoms with E-state index in [9.17, 15) is 17.2 Å². The van der Waals surface area contributed by atoms with E-state index in [1.54, 1.807) is 0 Å². The fraction of sp³-hybridized carbons (Fsp3) is 0.391. The van der Waals surface area contributed by atoms with Gasteiger partial charge in [-0.2, -0.15) is 0 Å². The minimum Gasteiger partial charge on any atom is -0.355 e. The molecule has 0 radical (unpaired) electrons. The molecule has 0 saturated carbocycles. The van der Waals surface area contributed by atoms with Crippen molar-refractivity contribution in [1.82, 2.24) is 9.47 Å². The zero-order chi connectivity index (χ0) is 22.6. The molecule has 0 aliphatic carbocycles. The van der Waals surface area contributed by atoms with E-state index in [1.165, 1.54) is 18.0 Å². The minimum atomic E-state index is -2.95. The van der Waals surface area contributed by atoms with Gasteiger partial charge in [0.1, 0.15) is 9.84 Å². The zero-order valence-corrected chi connectivity index (χ0v) is 19.0. The Balaban J connectivity index is 1.66. The third-order valence-electron chi connectivity index (χ3n) is 5.49. The third-order valence-corrected chi connectivity index (χ3v) is 6.41. The molecule has 0 aliphatic heterocycles. The lowest BCUT2D eigenvalue weighted by Crippen LogP contribution is -2.30. The molecule has 2 aromatic carbocycles. The summed E-state index contributed by atoms with van der Waals surface area (Å²) in [6.45, 7) is 4.27. The van der Waals surface area contributed by atoms with Crippen molar-refractivity contribution in [3.05, 3.63) is 59.8 Å². The molecule has 3 rings (SSSR count). The van der Waals surface area contributed by atoms with Crippen molar-refractivity contribution < 1.29 is 17.2 Å². The average molecular weight is 450 g/mol. The van der Waals surface area contributed by atoms with Crippen LogP contribution in [0.1, 0.15) is 19.0 Å². The normalized spacial score (nSPS) is 12.1. The Bertz CT molecular complexity index is 1160. The molecule has 31 heavy (non-hydrogen) atoms. The predicted octanol–water partition coefficient (Wildman–Crippen LogP) is 4.50. The second-order valence-corrected chi connectivity index (χ2v) is 10.1. The summed E-state index contributed by atoms with van der Waals surface area (Å²) in [6.07, 6.45) is 3.08. The highest BCUT2D eigenvalue weighted by atomic mass is 32.2. The summed E-state index contributed by atoms with van der Waals surface area (Å²) in [4.78, 5) is 2.16. The summed E-state index contributed by atoms with van der Waals surface area (Å²) in [7, 11) is -0.939. The number of aryl methyl sites for hydroxylation is 2. The fourth-order valence-electron chi connectivity index (χ4n) is 3.65. The second-order valence-electron chi connectivity index (χ2n) is 7.89. The van der Waals surface area contributed by atoms with Crippen LogP contribution in [0.25, 0.3) is 10.9 Å². The van der Waals surface area contributed by atoms with Crippen molar-refractivity contribution in [2.45, 2.75) is 19.8 Å². The molecule has 8 heteroatoms. The van der Waals surface area contributed by atoms with Crippen LogP contribution in [0.2, 0.25) is 0 Å². The topological polar surface area (TPSA) is 54.3 Å². The molecule has 3 aromatic rings. The number of anilines is 2. The highest BCUT2D eigenvalue weighted by Gasteiger charge is 2.11. The number of rotatable bonds is 10. The molecule has 1 heterocycles. The van der Waals surface area contributed by atoms with E-state index in [-0.39, 0.29) is 5.75 Å². The first-order valence-electron chi connectivity index (χ1n) is 10.4. The van der Waals surface area contributed by atoms with Crippen LogP contribution in [0, 0.1) is 11.6 Å². The molecule has 0 fully saturated rings. The van der Waals surface area contributed by atoms with Gasteiger partial charge in [-0.15, -0.1) is 0 Å². The summed E-state index contributed by atoms with van der Waals surface area (Å²) in [5.74, 6) is -1.57. The van der Waals surface area contributed by atoms with Gasteiger partial charge in [0.2, 0.25) is 0 Å². The van der Waals surface area contributed by atoms with Crippen LogP contribution < -0.4 is 5.32 Å².